The average Bonchev–Trinajstić information content (AvgIpc) is 2.47. The molecule has 2 rings (SSSR count). The average molecular weight is 311 g/mol. The van der Waals surface area contributed by atoms with Crippen LogP contribution in [-0.4, -0.2) is 18.5 Å². The minimum absolute atomic E-state index is 0. The van der Waals surface area contributed by atoms with Crippen molar-refractivity contribution in [2.24, 2.45) is 11.7 Å². The van der Waals surface area contributed by atoms with Crippen LogP contribution in [-0.2, 0) is 11.2 Å². The highest BCUT2D eigenvalue weighted by Gasteiger charge is 2.24. The molecule has 0 saturated heterocycles. The second kappa shape index (κ2) is 9.06. The van der Waals surface area contributed by atoms with Crippen LogP contribution in [0.1, 0.15) is 43.2 Å². The van der Waals surface area contributed by atoms with Gasteiger partial charge in [0.05, 0.1) is 0 Å². The molecule has 3 nitrogen and oxygen atoms in total. The minimum Gasteiger partial charge on any atom is -0.353 e. The number of hydrogen-bond donors (Lipinski definition) is 2. The highest BCUT2D eigenvalue weighted by molar-refractivity contribution is 5.85. The van der Waals surface area contributed by atoms with Crippen LogP contribution in [0.15, 0.2) is 24.3 Å². The maximum absolute atomic E-state index is 12.1. The Morgan fingerprint density at radius 1 is 1.24 bits per heavy atom. The lowest BCUT2D eigenvalue weighted by atomic mass is 9.84. The van der Waals surface area contributed by atoms with Crippen LogP contribution in [0.2, 0.25) is 0 Å². The second-order valence-corrected chi connectivity index (χ2v) is 5.94. The molecule has 0 spiro atoms. The van der Waals surface area contributed by atoms with Gasteiger partial charge >= 0.3 is 0 Å². The van der Waals surface area contributed by atoms with Gasteiger partial charge in [0, 0.05) is 12.5 Å². The minimum atomic E-state index is 0. The van der Waals surface area contributed by atoms with Gasteiger partial charge in [-0.3, -0.25) is 4.79 Å². The van der Waals surface area contributed by atoms with E-state index in [0.717, 1.165) is 19.3 Å². The molecule has 1 aromatic carbocycles. The highest BCUT2D eigenvalue weighted by Crippen LogP contribution is 2.23. The summed E-state index contributed by atoms with van der Waals surface area (Å²) < 4.78 is 0. The van der Waals surface area contributed by atoms with Crippen LogP contribution in [0.25, 0.3) is 0 Å². The number of benzene rings is 1. The predicted molar refractivity (Wildman–Crippen MR) is 89.7 cm³/mol. The lowest BCUT2D eigenvalue weighted by molar-refractivity contribution is -0.122. The zero-order valence-electron chi connectivity index (χ0n) is 12.8. The molecule has 0 radical (unpaired) electrons. The standard InChI is InChI=1S/C17H26N2O.ClH/c1-13-6-8-14(9-7-13)10-11-17(20)19-16-5-3-2-4-15(16)12-18;/h6-9,15-16H,2-5,10-12,18H2,1H3,(H,19,20);1H. The van der Waals surface area contributed by atoms with E-state index in [1.165, 1.54) is 24.0 Å². The number of nitrogens with two attached hydrogens (primary N) is 1. The largest absolute Gasteiger partial charge is 0.353 e. The van der Waals surface area contributed by atoms with Gasteiger partial charge in [-0.2, -0.15) is 0 Å². The quantitative estimate of drug-likeness (QED) is 0.878. The molecular formula is C17H27ClN2O. The van der Waals surface area contributed by atoms with Gasteiger partial charge in [0.25, 0.3) is 0 Å². The van der Waals surface area contributed by atoms with E-state index in [0.29, 0.717) is 24.9 Å². The Labute approximate surface area is 134 Å². The third-order valence-electron chi connectivity index (χ3n) is 4.32. The zero-order chi connectivity index (χ0) is 14.4. The molecule has 2 unspecified atom stereocenters. The van der Waals surface area contributed by atoms with E-state index in [1.807, 2.05) is 0 Å². The summed E-state index contributed by atoms with van der Waals surface area (Å²) in [5.41, 5.74) is 8.28. The molecule has 0 aliphatic heterocycles. The normalized spacial score (nSPS) is 21.4. The molecule has 1 fully saturated rings. The Bertz CT molecular complexity index is 433. The third-order valence-corrected chi connectivity index (χ3v) is 4.32. The fourth-order valence-corrected chi connectivity index (χ4v) is 2.97. The summed E-state index contributed by atoms with van der Waals surface area (Å²) in [6, 6.07) is 8.69. The molecule has 1 aromatic rings. The van der Waals surface area contributed by atoms with Crippen molar-refractivity contribution in [3.8, 4) is 0 Å². The maximum Gasteiger partial charge on any atom is 0.220 e. The number of hydrogen-bond acceptors (Lipinski definition) is 2. The smallest absolute Gasteiger partial charge is 0.220 e. The van der Waals surface area contributed by atoms with E-state index < -0.39 is 0 Å². The Hall–Kier alpha value is -1.06. The third kappa shape index (κ3) is 5.68. The van der Waals surface area contributed by atoms with Gasteiger partial charge in [0.15, 0.2) is 0 Å². The molecular weight excluding hydrogens is 284 g/mol. The molecule has 1 saturated carbocycles. The van der Waals surface area contributed by atoms with E-state index in [4.69, 9.17) is 5.73 Å². The van der Waals surface area contributed by atoms with Crippen LogP contribution in [0.3, 0.4) is 0 Å². The number of nitrogens with one attached hydrogen (secondary N) is 1. The molecule has 21 heavy (non-hydrogen) atoms. The first-order valence-electron chi connectivity index (χ1n) is 7.74. The van der Waals surface area contributed by atoms with Crippen LogP contribution in [0.4, 0.5) is 0 Å². The zero-order valence-corrected chi connectivity index (χ0v) is 13.6. The van der Waals surface area contributed by atoms with Gasteiger partial charge < -0.3 is 11.1 Å². The van der Waals surface area contributed by atoms with Crippen molar-refractivity contribution in [2.45, 2.75) is 51.5 Å². The first-order chi connectivity index (χ1) is 9.69. The van der Waals surface area contributed by atoms with Crippen molar-refractivity contribution < 1.29 is 4.79 Å². The summed E-state index contributed by atoms with van der Waals surface area (Å²) in [6.07, 6.45) is 6.07. The molecule has 118 valence electrons. The van der Waals surface area contributed by atoms with Gasteiger partial charge in [-0.1, -0.05) is 42.7 Å². The summed E-state index contributed by atoms with van der Waals surface area (Å²) in [7, 11) is 0. The van der Waals surface area contributed by atoms with Gasteiger partial charge in [0.1, 0.15) is 0 Å². The van der Waals surface area contributed by atoms with Crippen molar-refractivity contribution in [3.63, 3.8) is 0 Å². The first kappa shape index (κ1) is 18.0. The molecule has 0 heterocycles. The van der Waals surface area contributed by atoms with Crippen LogP contribution >= 0.6 is 12.4 Å². The molecule has 1 aliphatic carbocycles. The predicted octanol–water partition coefficient (Wildman–Crippen LogP) is 2.98. The van der Waals surface area contributed by atoms with Gasteiger partial charge in [-0.15, -0.1) is 12.4 Å². The molecule has 2 atom stereocenters. The topological polar surface area (TPSA) is 55.1 Å². The van der Waals surface area contributed by atoms with E-state index in [-0.39, 0.29) is 18.3 Å². The molecule has 4 heteroatoms. The van der Waals surface area contributed by atoms with E-state index in [1.54, 1.807) is 0 Å². The number of aryl methyl sites for hydroxylation is 2. The lowest BCUT2D eigenvalue weighted by Crippen LogP contribution is -2.44. The first-order valence-corrected chi connectivity index (χ1v) is 7.74. The Morgan fingerprint density at radius 2 is 1.90 bits per heavy atom. The number of halogens is 1. The Kier molecular flexibility index (Phi) is 7.76. The van der Waals surface area contributed by atoms with Gasteiger partial charge in [-0.05, 0) is 44.2 Å². The fourth-order valence-electron chi connectivity index (χ4n) is 2.97. The van der Waals surface area contributed by atoms with E-state index in [9.17, 15) is 4.79 Å². The van der Waals surface area contributed by atoms with E-state index in [2.05, 4.69) is 36.5 Å². The van der Waals surface area contributed by atoms with Crippen molar-refractivity contribution in [3.05, 3.63) is 35.4 Å². The monoisotopic (exact) mass is 310 g/mol. The molecule has 0 bridgehead atoms. The highest BCUT2D eigenvalue weighted by atomic mass is 35.5. The second-order valence-electron chi connectivity index (χ2n) is 5.94. The number of carbonyl (C=O) groups excluding carboxylic acids is 1. The molecule has 0 aromatic heterocycles. The molecule has 3 N–H and O–H groups in total. The van der Waals surface area contributed by atoms with Crippen molar-refractivity contribution >= 4 is 18.3 Å². The van der Waals surface area contributed by atoms with Crippen molar-refractivity contribution in [2.75, 3.05) is 6.54 Å². The molecule has 1 amide bonds. The summed E-state index contributed by atoms with van der Waals surface area (Å²) in [5, 5.41) is 3.18. The SMILES string of the molecule is Cc1ccc(CCC(=O)NC2CCCCC2CN)cc1.Cl. The van der Waals surface area contributed by atoms with Crippen LogP contribution in [0, 0.1) is 12.8 Å². The Balaban J connectivity index is 0.00000220. The summed E-state index contributed by atoms with van der Waals surface area (Å²) >= 11 is 0. The van der Waals surface area contributed by atoms with Crippen LogP contribution in [0.5, 0.6) is 0 Å². The van der Waals surface area contributed by atoms with Crippen LogP contribution < -0.4 is 11.1 Å². The molecule has 1 aliphatic rings. The Morgan fingerprint density at radius 3 is 2.57 bits per heavy atom. The number of rotatable bonds is 5. The van der Waals surface area contributed by atoms with Crippen molar-refractivity contribution in [1.29, 1.82) is 0 Å². The fraction of sp³-hybridized carbons (Fsp3) is 0.588. The van der Waals surface area contributed by atoms with Crippen molar-refractivity contribution in [1.82, 2.24) is 5.32 Å². The van der Waals surface area contributed by atoms with Gasteiger partial charge in [0.2, 0.25) is 5.91 Å². The maximum atomic E-state index is 12.1. The van der Waals surface area contributed by atoms with E-state index >= 15 is 0 Å². The summed E-state index contributed by atoms with van der Waals surface area (Å²) in [6.45, 7) is 2.76. The number of carbonyl (C=O) groups is 1. The number of amides is 1. The van der Waals surface area contributed by atoms with Gasteiger partial charge in [-0.25, -0.2) is 0 Å². The summed E-state index contributed by atoms with van der Waals surface area (Å²) in [5.74, 6) is 0.628. The lowest BCUT2D eigenvalue weighted by Gasteiger charge is -2.31. The summed E-state index contributed by atoms with van der Waals surface area (Å²) in [4.78, 5) is 12.1.